The first-order valence-corrected chi connectivity index (χ1v) is 7.53. The Bertz CT molecular complexity index is 802. The SMILES string of the molecule is NC(=O)NC(=O)COC(=O)COc1ccc(C(=O)c2ccccc2)cc1. The van der Waals surface area contributed by atoms with Crippen molar-refractivity contribution >= 4 is 23.7 Å². The topological polar surface area (TPSA) is 125 Å². The second-order valence-corrected chi connectivity index (χ2v) is 5.08. The zero-order chi connectivity index (χ0) is 18.9. The number of amides is 3. The van der Waals surface area contributed by atoms with Gasteiger partial charge in [-0.15, -0.1) is 0 Å². The molecule has 0 aliphatic rings. The first-order valence-electron chi connectivity index (χ1n) is 7.53. The average Bonchev–Trinajstić information content (AvgIpc) is 2.64. The fraction of sp³-hybridized carbons (Fsp3) is 0.111. The monoisotopic (exact) mass is 356 g/mol. The van der Waals surface area contributed by atoms with Gasteiger partial charge in [0.25, 0.3) is 5.91 Å². The minimum Gasteiger partial charge on any atom is -0.482 e. The van der Waals surface area contributed by atoms with Crippen LogP contribution in [0.15, 0.2) is 54.6 Å². The van der Waals surface area contributed by atoms with Gasteiger partial charge in [-0.25, -0.2) is 9.59 Å². The summed E-state index contributed by atoms with van der Waals surface area (Å²) in [5.74, 6) is -1.41. The molecule has 3 amide bonds. The van der Waals surface area contributed by atoms with Crippen molar-refractivity contribution in [1.82, 2.24) is 5.32 Å². The van der Waals surface area contributed by atoms with Gasteiger partial charge in [0.2, 0.25) is 0 Å². The number of imide groups is 1. The predicted octanol–water partition coefficient (Wildman–Crippen LogP) is 1.03. The van der Waals surface area contributed by atoms with E-state index in [2.05, 4.69) is 4.74 Å². The standard InChI is InChI=1S/C18H16N2O6/c19-18(24)20-15(21)10-26-16(22)11-25-14-8-6-13(7-9-14)17(23)12-4-2-1-3-5-12/h1-9H,10-11H2,(H3,19,20,21,24). The highest BCUT2D eigenvalue weighted by Crippen LogP contribution is 2.15. The number of hydrogen-bond acceptors (Lipinski definition) is 6. The predicted molar refractivity (Wildman–Crippen MR) is 90.5 cm³/mol. The van der Waals surface area contributed by atoms with Crippen LogP contribution in [0.25, 0.3) is 0 Å². The Morgan fingerprint density at radius 2 is 1.46 bits per heavy atom. The van der Waals surface area contributed by atoms with Crippen LogP contribution in [0.3, 0.4) is 0 Å². The lowest BCUT2D eigenvalue weighted by Gasteiger charge is -2.07. The summed E-state index contributed by atoms with van der Waals surface area (Å²) in [6, 6.07) is 14.0. The number of nitrogens with two attached hydrogens (primary N) is 1. The number of carbonyl (C=O) groups is 4. The lowest BCUT2D eigenvalue weighted by molar-refractivity contribution is -0.150. The van der Waals surface area contributed by atoms with Crippen molar-refractivity contribution in [3.63, 3.8) is 0 Å². The second kappa shape index (κ2) is 8.97. The third kappa shape index (κ3) is 5.75. The normalized spacial score (nSPS) is 9.85. The van der Waals surface area contributed by atoms with Crippen molar-refractivity contribution in [3.05, 3.63) is 65.7 Å². The Labute approximate surface area is 148 Å². The van der Waals surface area contributed by atoms with Crippen LogP contribution in [-0.4, -0.2) is 36.9 Å². The summed E-state index contributed by atoms with van der Waals surface area (Å²) in [5, 5.41) is 1.75. The van der Waals surface area contributed by atoms with Crippen LogP contribution in [0.5, 0.6) is 5.75 Å². The number of ether oxygens (including phenoxy) is 2. The maximum atomic E-state index is 12.3. The molecule has 0 aromatic heterocycles. The maximum Gasteiger partial charge on any atom is 0.344 e. The summed E-state index contributed by atoms with van der Waals surface area (Å²) in [5.41, 5.74) is 5.79. The van der Waals surface area contributed by atoms with Crippen molar-refractivity contribution < 1.29 is 28.7 Å². The molecular weight excluding hydrogens is 340 g/mol. The van der Waals surface area contributed by atoms with E-state index in [9.17, 15) is 19.2 Å². The third-order valence-electron chi connectivity index (χ3n) is 3.14. The fourth-order valence-corrected chi connectivity index (χ4v) is 1.96. The Hall–Kier alpha value is -3.68. The molecule has 0 heterocycles. The summed E-state index contributed by atoms with van der Waals surface area (Å²) >= 11 is 0. The summed E-state index contributed by atoms with van der Waals surface area (Å²) in [7, 11) is 0. The van der Waals surface area contributed by atoms with Crippen LogP contribution in [0.1, 0.15) is 15.9 Å². The molecule has 3 N–H and O–H groups in total. The van der Waals surface area contributed by atoms with Gasteiger partial charge in [-0.05, 0) is 24.3 Å². The van der Waals surface area contributed by atoms with Gasteiger partial charge in [-0.1, -0.05) is 30.3 Å². The zero-order valence-corrected chi connectivity index (χ0v) is 13.6. The van der Waals surface area contributed by atoms with E-state index in [1.54, 1.807) is 53.8 Å². The molecule has 2 rings (SSSR count). The molecule has 0 saturated carbocycles. The number of ketones is 1. The minimum atomic E-state index is -1.03. The first kappa shape index (κ1) is 18.7. The molecule has 134 valence electrons. The number of esters is 1. The molecule has 0 atom stereocenters. The number of nitrogens with one attached hydrogen (secondary N) is 1. The lowest BCUT2D eigenvalue weighted by atomic mass is 10.0. The minimum absolute atomic E-state index is 0.128. The first-order chi connectivity index (χ1) is 12.5. The van der Waals surface area contributed by atoms with Crippen molar-refractivity contribution in [2.75, 3.05) is 13.2 Å². The molecule has 2 aromatic rings. The van der Waals surface area contributed by atoms with E-state index in [4.69, 9.17) is 10.5 Å². The quantitative estimate of drug-likeness (QED) is 0.564. The summed E-state index contributed by atoms with van der Waals surface area (Å²) in [4.78, 5) is 45.3. The fourth-order valence-electron chi connectivity index (χ4n) is 1.96. The number of carbonyl (C=O) groups excluding carboxylic acids is 4. The summed E-state index contributed by atoms with van der Waals surface area (Å²) in [6.07, 6.45) is 0. The van der Waals surface area contributed by atoms with Gasteiger partial charge in [0, 0.05) is 11.1 Å². The molecule has 2 aromatic carbocycles. The van der Waals surface area contributed by atoms with E-state index < -0.39 is 31.1 Å². The van der Waals surface area contributed by atoms with E-state index in [0.29, 0.717) is 16.9 Å². The molecule has 8 heteroatoms. The molecule has 0 aliphatic carbocycles. The van der Waals surface area contributed by atoms with Crippen molar-refractivity contribution in [2.24, 2.45) is 5.73 Å². The molecular formula is C18H16N2O6. The van der Waals surface area contributed by atoms with Gasteiger partial charge in [-0.3, -0.25) is 14.9 Å². The molecule has 0 aliphatic heterocycles. The van der Waals surface area contributed by atoms with E-state index in [1.807, 2.05) is 6.07 Å². The highest BCUT2D eigenvalue weighted by Gasteiger charge is 2.11. The summed E-state index contributed by atoms with van der Waals surface area (Å²) in [6.45, 7) is -1.08. The molecule has 0 unspecified atom stereocenters. The molecule has 0 fully saturated rings. The van der Waals surface area contributed by atoms with Gasteiger partial charge in [0.1, 0.15) is 5.75 Å². The van der Waals surface area contributed by atoms with Crippen LogP contribution in [0, 0.1) is 0 Å². The summed E-state index contributed by atoms with van der Waals surface area (Å²) < 4.78 is 9.82. The van der Waals surface area contributed by atoms with E-state index >= 15 is 0 Å². The van der Waals surface area contributed by atoms with E-state index in [-0.39, 0.29) is 5.78 Å². The van der Waals surface area contributed by atoms with Crippen LogP contribution in [0.4, 0.5) is 4.79 Å². The van der Waals surface area contributed by atoms with Crippen LogP contribution >= 0.6 is 0 Å². The van der Waals surface area contributed by atoms with Crippen molar-refractivity contribution in [2.45, 2.75) is 0 Å². The third-order valence-corrected chi connectivity index (χ3v) is 3.14. The Balaban J connectivity index is 1.82. The Morgan fingerprint density at radius 3 is 2.08 bits per heavy atom. The molecule has 0 bridgehead atoms. The molecule has 0 saturated heterocycles. The number of primary amides is 1. The second-order valence-electron chi connectivity index (χ2n) is 5.08. The zero-order valence-electron chi connectivity index (χ0n) is 13.6. The van der Waals surface area contributed by atoms with Crippen LogP contribution in [0.2, 0.25) is 0 Å². The largest absolute Gasteiger partial charge is 0.482 e. The molecule has 0 radical (unpaired) electrons. The van der Waals surface area contributed by atoms with Gasteiger partial charge in [0.05, 0.1) is 0 Å². The number of hydrogen-bond donors (Lipinski definition) is 2. The van der Waals surface area contributed by atoms with Gasteiger partial charge >= 0.3 is 12.0 Å². The van der Waals surface area contributed by atoms with Crippen LogP contribution in [-0.2, 0) is 14.3 Å². The Morgan fingerprint density at radius 1 is 0.846 bits per heavy atom. The lowest BCUT2D eigenvalue weighted by Crippen LogP contribution is -2.38. The van der Waals surface area contributed by atoms with Gasteiger partial charge < -0.3 is 15.2 Å². The Kier molecular flexibility index (Phi) is 6.44. The smallest absolute Gasteiger partial charge is 0.344 e. The van der Waals surface area contributed by atoms with Gasteiger partial charge in [-0.2, -0.15) is 0 Å². The number of urea groups is 1. The highest BCUT2D eigenvalue weighted by molar-refractivity contribution is 6.09. The van der Waals surface area contributed by atoms with E-state index in [0.717, 1.165) is 0 Å². The number of benzene rings is 2. The van der Waals surface area contributed by atoms with Crippen LogP contribution < -0.4 is 15.8 Å². The average molecular weight is 356 g/mol. The van der Waals surface area contributed by atoms with Gasteiger partial charge in [0.15, 0.2) is 19.0 Å². The maximum absolute atomic E-state index is 12.3. The number of rotatable bonds is 7. The molecule has 0 spiro atoms. The van der Waals surface area contributed by atoms with Crippen molar-refractivity contribution in [3.8, 4) is 5.75 Å². The van der Waals surface area contributed by atoms with E-state index in [1.165, 1.54) is 0 Å². The highest BCUT2D eigenvalue weighted by atomic mass is 16.6. The van der Waals surface area contributed by atoms with Crippen molar-refractivity contribution in [1.29, 1.82) is 0 Å². The molecule has 8 nitrogen and oxygen atoms in total. The molecule has 26 heavy (non-hydrogen) atoms.